The Bertz CT molecular complexity index is 1470. The molecule has 14 heteroatoms. The SMILES string of the molecule is COc1ccc([N+](=O)[O-])c(Nc2cc(Cl)ccc2SSc2ccc(Cl)cc2Nc2cc(OC)ccc2[N+](=O)[O-])c1. The number of hydrogen-bond acceptors (Lipinski definition) is 10. The molecular weight excluding hydrogens is 599 g/mol. The molecule has 40 heavy (non-hydrogen) atoms. The standard InChI is InChI=1S/C26H20Cl2N4O6S2/c1-37-17-5-7-23(31(33)34)19(13-17)29-21-11-15(27)3-9-25(21)39-40-26-10-4-16(28)12-22(26)30-20-14-18(38-2)6-8-24(20)32(35)36/h3-14,29-30H,1-2H3. The molecule has 0 fully saturated rings. The molecule has 2 N–H and O–H groups in total. The molecule has 0 heterocycles. The summed E-state index contributed by atoms with van der Waals surface area (Å²) in [4.78, 5) is 23.7. The van der Waals surface area contributed by atoms with Crippen LogP contribution in [-0.4, -0.2) is 24.1 Å². The minimum Gasteiger partial charge on any atom is -0.497 e. The van der Waals surface area contributed by atoms with E-state index in [1.165, 1.54) is 72.2 Å². The summed E-state index contributed by atoms with van der Waals surface area (Å²) in [6.45, 7) is 0. The quantitative estimate of drug-likeness (QED) is 0.0952. The van der Waals surface area contributed by atoms with Gasteiger partial charge in [0.1, 0.15) is 22.9 Å². The Balaban J connectivity index is 1.64. The second-order valence-corrected chi connectivity index (χ2v) is 11.1. The molecule has 0 spiro atoms. The molecule has 10 nitrogen and oxygen atoms in total. The summed E-state index contributed by atoms with van der Waals surface area (Å²) in [5.74, 6) is 0.893. The number of ether oxygens (including phenoxy) is 2. The first-order chi connectivity index (χ1) is 19.2. The highest BCUT2D eigenvalue weighted by atomic mass is 35.5. The van der Waals surface area contributed by atoms with Crippen LogP contribution in [0.25, 0.3) is 0 Å². The van der Waals surface area contributed by atoms with Gasteiger partial charge in [-0.1, -0.05) is 44.8 Å². The number of nitrogens with one attached hydrogen (secondary N) is 2. The fraction of sp³-hybridized carbons (Fsp3) is 0.0769. The number of rotatable bonds is 11. The summed E-state index contributed by atoms with van der Waals surface area (Å²) < 4.78 is 10.5. The molecule has 0 saturated heterocycles. The van der Waals surface area contributed by atoms with Crippen LogP contribution in [0, 0.1) is 20.2 Å². The Morgan fingerprint density at radius 1 is 0.625 bits per heavy atom. The monoisotopic (exact) mass is 618 g/mol. The summed E-state index contributed by atoms with van der Waals surface area (Å²) in [7, 11) is 5.65. The van der Waals surface area contributed by atoms with E-state index in [0.717, 1.165) is 9.79 Å². The van der Waals surface area contributed by atoms with E-state index in [1.807, 2.05) is 0 Å². The van der Waals surface area contributed by atoms with Crippen molar-refractivity contribution in [3.8, 4) is 11.5 Å². The third-order valence-electron chi connectivity index (χ3n) is 5.44. The number of methoxy groups -OCH3 is 2. The van der Waals surface area contributed by atoms with Crippen LogP contribution in [0.5, 0.6) is 11.5 Å². The largest absolute Gasteiger partial charge is 0.497 e. The molecule has 0 amide bonds. The van der Waals surface area contributed by atoms with E-state index < -0.39 is 9.85 Å². The van der Waals surface area contributed by atoms with E-state index in [0.29, 0.717) is 32.9 Å². The number of halogens is 2. The molecule has 4 rings (SSSR count). The lowest BCUT2D eigenvalue weighted by Gasteiger charge is -2.15. The maximum Gasteiger partial charge on any atom is 0.292 e. The lowest BCUT2D eigenvalue weighted by Crippen LogP contribution is -1.99. The predicted octanol–water partition coefficient (Wildman–Crippen LogP) is 9.11. The first-order valence-corrected chi connectivity index (χ1v) is 14.2. The Morgan fingerprint density at radius 3 is 1.38 bits per heavy atom. The van der Waals surface area contributed by atoms with Crippen molar-refractivity contribution in [3.05, 3.63) is 103 Å². The summed E-state index contributed by atoms with van der Waals surface area (Å²) >= 11 is 12.5. The summed E-state index contributed by atoms with van der Waals surface area (Å²) in [5, 5.41) is 30.3. The van der Waals surface area contributed by atoms with E-state index in [-0.39, 0.29) is 22.7 Å². The second kappa shape index (κ2) is 13.0. The molecule has 0 saturated carbocycles. The first-order valence-electron chi connectivity index (χ1n) is 11.3. The molecule has 0 atom stereocenters. The molecular formula is C26H20Cl2N4O6S2. The van der Waals surface area contributed by atoms with E-state index in [4.69, 9.17) is 32.7 Å². The third-order valence-corrected chi connectivity index (χ3v) is 8.40. The Labute approximate surface area is 246 Å². The molecule has 0 aliphatic heterocycles. The normalized spacial score (nSPS) is 10.6. The minimum absolute atomic E-state index is 0.131. The lowest BCUT2D eigenvalue weighted by atomic mass is 10.2. The van der Waals surface area contributed by atoms with Crippen LogP contribution in [-0.2, 0) is 0 Å². The number of hydrogen-bond donors (Lipinski definition) is 2. The number of nitro groups is 2. The average Bonchev–Trinajstić information content (AvgIpc) is 2.93. The molecule has 206 valence electrons. The van der Waals surface area contributed by atoms with Crippen LogP contribution in [0.4, 0.5) is 34.1 Å². The van der Waals surface area contributed by atoms with Gasteiger partial charge in [-0.3, -0.25) is 20.2 Å². The molecule has 4 aromatic rings. The van der Waals surface area contributed by atoms with Crippen molar-refractivity contribution in [1.82, 2.24) is 0 Å². The molecule has 0 aromatic heterocycles. The van der Waals surface area contributed by atoms with Crippen molar-refractivity contribution in [2.24, 2.45) is 0 Å². The number of nitrogens with zero attached hydrogens (tertiary/aromatic N) is 2. The van der Waals surface area contributed by atoms with E-state index in [1.54, 1.807) is 36.4 Å². The van der Waals surface area contributed by atoms with Gasteiger partial charge in [0.05, 0.1) is 35.4 Å². The van der Waals surface area contributed by atoms with Gasteiger partial charge in [-0.05, 0) is 48.5 Å². The molecule has 0 aliphatic rings. The van der Waals surface area contributed by atoms with Crippen molar-refractivity contribution in [1.29, 1.82) is 0 Å². The average molecular weight is 620 g/mol. The van der Waals surface area contributed by atoms with Gasteiger partial charge in [0.25, 0.3) is 11.4 Å². The summed E-state index contributed by atoms with van der Waals surface area (Å²) in [6, 6.07) is 19.1. The Hall–Kier alpha value is -3.84. The maximum atomic E-state index is 11.6. The lowest BCUT2D eigenvalue weighted by molar-refractivity contribution is -0.384. The summed E-state index contributed by atoms with van der Waals surface area (Å²) in [6.07, 6.45) is 0. The number of benzene rings is 4. The summed E-state index contributed by atoms with van der Waals surface area (Å²) in [5.41, 5.74) is 1.28. The van der Waals surface area contributed by atoms with Crippen LogP contribution in [0.1, 0.15) is 0 Å². The highest BCUT2D eigenvalue weighted by Gasteiger charge is 2.19. The maximum absolute atomic E-state index is 11.6. The van der Waals surface area contributed by atoms with Crippen molar-refractivity contribution < 1.29 is 19.3 Å². The second-order valence-electron chi connectivity index (χ2n) is 7.98. The van der Waals surface area contributed by atoms with Crippen LogP contribution in [0.15, 0.2) is 82.6 Å². The molecule has 0 bridgehead atoms. The zero-order chi connectivity index (χ0) is 28.8. The van der Waals surface area contributed by atoms with E-state index in [9.17, 15) is 20.2 Å². The Kier molecular flexibility index (Phi) is 9.48. The zero-order valence-electron chi connectivity index (χ0n) is 20.8. The van der Waals surface area contributed by atoms with Crippen LogP contribution in [0.2, 0.25) is 10.0 Å². The number of anilines is 4. The van der Waals surface area contributed by atoms with Crippen LogP contribution >= 0.6 is 44.8 Å². The van der Waals surface area contributed by atoms with Crippen LogP contribution < -0.4 is 20.1 Å². The first kappa shape index (κ1) is 29.2. The highest BCUT2D eigenvalue weighted by molar-refractivity contribution is 8.76. The molecule has 4 aromatic carbocycles. The fourth-order valence-electron chi connectivity index (χ4n) is 3.53. The molecule has 0 unspecified atom stereocenters. The van der Waals surface area contributed by atoms with Gasteiger partial charge in [0.15, 0.2) is 0 Å². The minimum atomic E-state index is -0.489. The van der Waals surface area contributed by atoms with Gasteiger partial charge in [-0.25, -0.2) is 0 Å². The topological polar surface area (TPSA) is 129 Å². The predicted molar refractivity (Wildman–Crippen MR) is 160 cm³/mol. The van der Waals surface area contributed by atoms with Crippen molar-refractivity contribution in [3.63, 3.8) is 0 Å². The van der Waals surface area contributed by atoms with Gasteiger partial charge in [0.2, 0.25) is 0 Å². The van der Waals surface area contributed by atoms with Gasteiger partial charge in [-0.2, -0.15) is 0 Å². The highest BCUT2D eigenvalue weighted by Crippen LogP contribution is 2.47. The van der Waals surface area contributed by atoms with E-state index >= 15 is 0 Å². The third kappa shape index (κ3) is 7.02. The van der Waals surface area contributed by atoms with Crippen molar-refractivity contribution in [2.75, 3.05) is 24.9 Å². The zero-order valence-corrected chi connectivity index (χ0v) is 24.0. The fourth-order valence-corrected chi connectivity index (χ4v) is 6.11. The smallest absolute Gasteiger partial charge is 0.292 e. The van der Waals surface area contributed by atoms with Crippen LogP contribution in [0.3, 0.4) is 0 Å². The van der Waals surface area contributed by atoms with Gasteiger partial charge >= 0.3 is 0 Å². The molecule has 0 radical (unpaired) electrons. The van der Waals surface area contributed by atoms with Gasteiger partial charge in [-0.15, -0.1) is 0 Å². The van der Waals surface area contributed by atoms with Gasteiger partial charge in [0, 0.05) is 44.1 Å². The molecule has 0 aliphatic carbocycles. The van der Waals surface area contributed by atoms with Gasteiger partial charge < -0.3 is 20.1 Å². The van der Waals surface area contributed by atoms with Crippen molar-refractivity contribution >= 4 is 78.9 Å². The number of nitro benzene ring substituents is 2. The Morgan fingerprint density at radius 2 is 1.02 bits per heavy atom. The van der Waals surface area contributed by atoms with Crippen molar-refractivity contribution in [2.45, 2.75) is 9.79 Å². The van der Waals surface area contributed by atoms with E-state index in [2.05, 4.69) is 10.6 Å².